The van der Waals surface area contributed by atoms with Crippen molar-refractivity contribution in [3.05, 3.63) is 35.9 Å². The van der Waals surface area contributed by atoms with Crippen LogP contribution in [0.25, 0.3) is 6.08 Å². The van der Waals surface area contributed by atoms with E-state index in [0.29, 0.717) is 6.61 Å². The maximum absolute atomic E-state index is 11.3. The van der Waals surface area contributed by atoms with E-state index in [-0.39, 0.29) is 5.97 Å². The second kappa shape index (κ2) is 11.7. The van der Waals surface area contributed by atoms with Gasteiger partial charge in [-0.2, -0.15) is 0 Å². The standard InChI is InChI=1S/C22H33NO2/c1-2-25-22(24)17-14-20-12-15-21(16-13-20)23-18-8-7-11-19-9-5-3-4-6-10-19/h12-17,19,23H,2-11,18H2,1H3. The molecular formula is C22H33NO2. The number of hydrogen-bond acceptors (Lipinski definition) is 3. The van der Waals surface area contributed by atoms with Crippen LogP contribution >= 0.6 is 0 Å². The summed E-state index contributed by atoms with van der Waals surface area (Å²) in [4.78, 5) is 11.3. The van der Waals surface area contributed by atoms with E-state index in [2.05, 4.69) is 17.4 Å². The first-order chi connectivity index (χ1) is 12.3. The van der Waals surface area contributed by atoms with Gasteiger partial charge < -0.3 is 10.1 Å². The van der Waals surface area contributed by atoms with Crippen LogP contribution in [0.15, 0.2) is 30.3 Å². The normalized spacial score (nSPS) is 15.9. The molecule has 1 aromatic rings. The van der Waals surface area contributed by atoms with Crippen LogP contribution in [0.2, 0.25) is 0 Å². The second-order valence-corrected chi connectivity index (χ2v) is 6.99. The first-order valence-corrected chi connectivity index (χ1v) is 9.96. The number of hydrogen-bond donors (Lipinski definition) is 1. The first-order valence-electron chi connectivity index (χ1n) is 9.96. The number of esters is 1. The Morgan fingerprint density at radius 1 is 1.12 bits per heavy atom. The Morgan fingerprint density at radius 2 is 1.84 bits per heavy atom. The van der Waals surface area contributed by atoms with Crippen molar-refractivity contribution in [1.29, 1.82) is 0 Å². The SMILES string of the molecule is CCOC(=O)C=Cc1ccc(NCCCCC2CCCCCC2)cc1. The molecule has 0 saturated heterocycles. The van der Waals surface area contributed by atoms with E-state index in [1.165, 1.54) is 63.9 Å². The van der Waals surface area contributed by atoms with Gasteiger partial charge in [0.05, 0.1) is 6.61 Å². The molecule has 1 N–H and O–H groups in total. The number of benzene rings is 1. The summed E-state index contributed by atoms with van der Waals surface area (Å²) in [6.07, 6.45) is 15.9. The minimum Gasteiger partial charge on any atom is -0.463 e. The van der Waals surface area contributed by atoms with Crippen LogP contribution in [-0.2, 0) is 9.53 Å². The number of unbranched alkanes of at least 4 members (excludes halogenated alkanes) is 1. The molecule has 1 saturated carbocycles. The Balaban J connectivity index is 1.61. The molecule has 3 nitrogen and oxygen atoms in total. The van der Waals surface area contributed by atoms with E-state index in [1.54, 1.807) is 6.08 Å². The summed E-state index contributed by atoms with van der Waals surface area (Å²) < 4.78 is 4.88. The highest BCUT2D eigenvalue weighted by Crippen LogP contribution is 2.26. The predicted octanol–water partition coefficient (Wildman–Crippen LogP) is 5.82. The number of nitrogens with one attached hydrogen (secondary N) is 1. The molecule has 1 aliphatic carbocycles. The quantitative estimate of drug-likeness (QED) is 0.266. The zero-order valence-electron chi connectivity index (χ0n) is 15.6. The van der Waals surface area contributed by atoms with Crippen LogP contribution in [0.5, 0.6) is 0 Å². The third-order valence-corrected chi connectivity index (χ3v) is 4.95. The van der Waals surface area contributed by atoms with E-state index in [4.69, 9.17) is 4.74 Å². The summed E-state index contributed by atoms with van der Waals surface area (Å²) in [6, 6.07) is 8.17. The average molecular weight is 344 g/mol. The van der Waals surface area contributed by atoms with Crippen LogP contribution in [0.3, 0.4) is 0 Å². The molecule has 0 radical (unpaired) electrons. The Bertz CT molecular complexity index is 513. The molecule has 1 aromatic carbocycles. The zero-order valence-corrected chi connectivity index (χ0v) is 15.6. The van der Waals surface area contributed by atoms with Gasteiger partial charge in [-0.15, -0.1) is 0 Å². The fourth-order valence-electron chi connectivity index (χ4n) is 3.51. The molecule has 2 rings (SSSR count). The Morgan fingerprint density at radius 3 is 2.52 bits per heavy atom. The lowest BCUT2D eigenvalue weighted by molar-refractivity contribution is -0.137. The fourth-order valence-corrected chi connectivity index (χ4v) is 3.51. The second-order valence-electron chi connectivity index (χ2n) is 6.99. The topological polar surface area (TPSA) is 38.3 Å². The smallest absolute Gasteiger partial charge is 0.330 e. The number of carbonyl (C=O) groups excluding carboxylic acids is 1. The van der Waals surface area contributed by atoms with Crippen LogP contribution in [0, 0.1) is 5.92 Å². The number of ether oxygens (including phenoxy) is 1. The summed E-state index contributed by atoms with van der Waals surface area (Å²) >= 11 is 0. The van der Waals surface area contributed by atoms with Gasteiger partial charge in [0.1, 0.15) is 0 Å². The Kier molecular flexibility index (Phi) is 9.17. The van der Waals surface area contributed by atoms with Gasteiger partial charge in [-0.05, 0) is 43.0 Å². The van der Waals surface area contributed by atoms with Gasteiger partial charge in [0.2, 0.25) is 0 Å². The third-order valence-electron chi connectivity index (χ3n) is 4.95. The van der Waals surface area contributed by atoms with E-state index in [0.717, 1.165) is 23.7 Å². The molecule has 0 spiro atoms. The first kappa shape index (κ1) is 19.6. The zero-order chi connectivity index (χ0) is 17.7. The molecule has 1 aliphatic rings. The van der Waals surface area contributed by atoms with Crippen LogP contribution in [0.4, 0.5) is 5.69 Å². The van der Waals surface area contributed by atoms with Crippen molar-refractivity contribution in [3.63, 3.8) is 0 Å². The van der Waals surface area contributed by atoms with Crippen LogP contribution < -0.4 is 5.32 Å². The highest BCUT2D eigenvalue weighted by Gasteiger charge is 2.11. The van der Waals surface area contributed by atoms with Crippen molar-refractivity contribution in [2.75, 3.05) is 18.5 Å². The van der Waals surface area contributed by atoms with Crippen molar-refractivity contribution in [1.82, 2.24) is 0 Å². The lowest BCUT2D eigenvalue weighted by atomic mass is 9.94. The molecule has 0 atom stereocenters. The number of anilines is 1. The average Bonchev–Trinajstić information content (AvgIpc) is 2.90. The molecule has 1 fully saturated rings. The molecule has 138 valence electrons. The minimum atomic E-state index is -0.293. The summed E-state index contributed by atoms with van der Waals surface area (Å²) in [5.74, 6) is 0.686. The van der Waals surface area contributed by atoms with Gasteiger partial charge >= 0.3 is 5.97 Å². The third kappa shape index (κ3) is 8.24. The fraction of sp³-hybridized carbons (Fsp3) is 0.591. The molecule has 0 heterocycles. The summed E-state index contributed by atoms with van der Waals surface area (Å²) in [5.41, 5.74) is 2.15. The minimum absolute atomic E-state index is 0.293. The highest BCUT2D eigenvalue weighted by atomic mass is 16.5. The van der Waals surface area contributed by atoms with Crippen LogP contribution in [0.1, 0.15) is 70.3 Å². The number of rotatable bonds is 9. The molecule has 25 heavy (non-hydrogen) atoms. The van der Waals surface area contributed by atoms with Gasteiger partial charge in [-0.3, -0.25) is 0 Å². The molecule has 0 aliphatic heterocycles. The highest BCUT2D eigenvalue weighted by molar-refractivity contribution is 5.87. The molecule has 3 heteroatoms. The molecule has 0 bridgehead atoms. The van der Waals surface area contributed by atoms with E-state index < -0.39 is 0 Å². The van der Waals surface area contributed by atoms with Crippen molar-refractivity contribution < 1.29 is 9.53 Å². The van der Waals surface area contributed by atoms with Crippen molar-refractivity contribution in [2.24, 2.45) is 5.92 Å². The largest absolute Gasteiger partial charge is 0.463 e. The summed E-state index contributed by atoms with van der Waals surface area (Å²) in [6.45, 7) is 3.25. The van der Waals surface area contributed by atoms with Crippen molar-refractivity contribution in [3.8, 4) is 0 Å². The van der Waals surface area contributed by atoms with E-state index in [9.17, 15) is 4.79 Å². The van der Waals surface area contributed by atoms with Gasteiger partial charge in [-0.1, -0.05) is 63.5 Å². The molecule has 0 aromatic heterocycles. The van der Waals surface area contributed by atoms with Gasteiger partial charge in [-0.25, -0.2) is 4.79 Å². The lowest BCUT2D eigenvalue weighted by Crippen LogP contribution is -2.04. The maximum atomic E-state index is 11.3. The van der Waals surface area contributed by atoms with Crippen molar-refractivity contribution >= 4 is 17.7 Å². The van der Waals surface area contributed by atoms with E-state index >= 15 is 0 Å². The molecule has 0 amide bonds. The van der Waals surface area contributed by atoms with Crippen molar-refractivity contribution in [2.45, 2.75) is 64.7 Å². The van der Waals surface area contributed by atoms with Crippen LogP contribution in [-0.4, -0.2) is 19.1 Å². The predicted molar refractivity (Wildman–Crippen MR) is 106 cm³/mol. The van der Waals surface area contributed by atoms with Gasteiger partial charge in [0, 0.05) is 18.3 Å². The maximum Gasteiger partial charge on any atom is 0.330 e. The molecular weight excluding hydrogens is 310 g/mol. The van der Waals surface area contributed by atoms with E-state index in [1.807, 2.05) is 19.1 Å². The summed E-state index contributed by atoms with van der Waals surface area (Å²) in [7, 11) is 0. The lowest BCUT2D eigenvalue weighted by Gasteiger charge is -2.13. The Hall–Kier alpha value is -1.77. The Labute approximate surface area is 152 Å². The summed E-state index contributed by atoms with van der Waals surface area (Å²) in [5, 5.41) is 3.49. The van der Waals surface area contributed by atoms with Gasteiger partial charge in [0.15, 0.2) is 0 Å². The monoisotopic (exact) mass is 343 g/mol. The molecule has 0 unspecified atom stereocenters. The van der Waals surface area contributed by atoms with Gasteiger partial charge in [0.25, 0.3) is 0 Å². The number of carbonyl (C=O) groups is 1.